The van der Waals surface area contributed by atoms with Gasteiger partial charge in [0.05, 0.1) is 18.0 Å². The maximum absolute atomic E-state index is 5.86. The van der Waals surface area contributed by atoms with E-state index in [1.165, 1.54) is 0 Å². The zero-order valence-corrected chi connectivity index (χ0v) is 13.2. The molecule has 6 nitrogen and oxygen atoms in total. The Morgan fingerprint density at radius 1 is 1.19 bits per heavy atom. The first-order valence-corrected chi connectivity index (χ1v) is 7.43. The third-order valence-electron chi connectivity index (χ3n) is 3.03. The highest BCUT2D eigenvalue weighted by Gasteiger charge is 2.12. The second kappa shape index (κ2) is 7.06. The number of nitrogens with one attached hydrogen (secondary N) is 1. The number of aromatic nitrogens is 4. The van der Waals surface area contributed by atoms with Gasteiger partial charge >= 0.3 is 0 Å². The molecule has 0 amide bonds. The lowest BCUT2D eigenvalue weighted by molar-refractivity contribution is 0.454. The Balaban J connectivity index is 2.19. The molecule has 2 heterocycles. The quantitative estimate of drug-likeness (QED) is 0.847. The summed E-state index contributed by atoms with van der Waals surface area (Å²) in [6.07, 6.45) is 5.69. The molecule has 114 valence electrons. The molecule has 0 aliphatic carbocycles. The van der Waals surface area contributed by atoms with Crippen molar-refractivity contribution >= 4 is 5.82 Å². The first-order chi connectivity index (χ1) is 10.1. The topological polar surface area (TPSA) is 64.9 Å². The SMILES string of the molecule is CCCNc1nc(C)nc(Oc2cnn(CCC)c2)c1C. The molecule has 0 atom stereocenters. The lowest BCUT2D eigenvalue weighted by Crippen LogP contribution is -2.07. The van der Waals surface area contributed by atoms with E-state index in [1.807, 2.05) is 24.7 Å². The molecule has 0 aromatic carbocycles. The van der Waals surface area contributed by atoms with Crippen LogP contribution in [0.15, 0.2) is 12.4 Å². The highest BCUT2D eigenvalue weighted by Crippen LogP contribution is 2.26. The van der Waals surface area contributed by atoms with Crippen molar-refractivity contribution in [2.75, 3.05) is 11.9 Å². The maximum Gasteiger partial charge on any atom is 0.227 e. The number of anilines is 1. The van der Waals surface area contributed by atoms with Gasteiger partial charge < -0.3 is 10.1 Å². The number of aryl methyl sites for hydroxylation is 2. The van der Waals surface area contributed by atoms with E-state index in [9.17, 15) is 0 Å². The van der Waals surface area contributed by atoms with Gasteiger partial charge in [-0.1, -0.05) is 13.8 Å². The van der Waals surface area contributed by atoms with E-state index in [0.717, 1.165) is 37.3 Å². The molecule has 0 saturated heterocycles. The summed E-state index contributed by atoms with van der Waals surface area (Å²) in [6, 6.07) is 0. The molecule has 2 aromatic heterocycles. The molecule has 0 saturated carbocycles. The molecule has 0 aliphatic heterocycles. The van der Waals surface area contributed by atoms with E-state index in [0.29, 0.717) is 17.5 Å². The minimum atomic E-state index is 0.581. The van der Waals surface area contributed by atoms with E-state index >= 15 is 0 Å². The summed E-state index contributed by atoms with van der Waals surface area (Å²) >= 11 is 0. The summed E-state index contributed by atoms with van der Waals surface area (Å²) in [4.78, 5) is 8.81. The fraction of sp³-hybridized carbons (Fsp3) is 0.533. The van der Waals surface area contributed by atoms with E-state index in [-0.39, 0.29) is 0 Å². The number of hydrogen-bond acceptors (Lipinski definition) is 5. The van der Waals surface area contributed by atoms with Gasteiger partial charge in [-0.15, -0.1) is 0 Å². The van der Waals surface area contributed by atoms with Gasteiger partial charge in [-0.3, -0.25) is 4.68 Å². The second-order valence-electron chi connectivity index (χ2n) is 5.02. The van der Waals surface area contributed by atoms with Crippen molar-refractivity contribution in [2.24, 2.45) is 0 Å². The Bertz CT molecular complexity index is 594. The van der Waals surface area contributed by atoms with Crippen molar-refractivity contribution in [3.05, 3.63) is 23.8 Å². The van der Waals surface area contributed by atoms with Crippen LogP contribution in [0.1, 0.15) is 38.1 Å². The average molecular weight is 289 g/mol. The molecule has 1 N–H and O–H groups in total. The van der Waals surface area contributed by atoms with Gasteiger partial charge in [0.2, 0.25) is 5.88 Å². The van der Waals surface area contributed by atoms with Crippen molar-refractivity contribution < 1.29 is 4.74 Å². The van der Waals surface area contributed by atoms with E-state index < -0.39 is 0 Å². The monoisotopic (exact) mass is 289 g/mol. The van der Waals surface area contributed by atoms with Crippen molar-refractivity contribution in [1.82, 2.24) is 19.7 Å². The van der Waals surface area contributed by atoms with Crippen LogP contribution in [0.2, 0.25) is 0 Å². The number of nitrogens with zero attached hydrogens (tertiary/aromatic N) is 4. The fourth-order valence-electron chi connectivity index (χ4n) is 1.98. The van der Waals surface area contributed by atoms with Crippen molar-refractivity contribution in [3.8, 4) is 11.6 Å². The van der Waals surface area contributed by atoms with Gasteiger partial charge in [0.25, 0.3) is 0 Å². The predicted molar refractivity (Wildman–Crippen MR) is 82.9 cm³/mol. The molecular formula is C15H23N5O. The lowest BCUT2D eigenvalue weighted by atomic mass is 10.3. The molecular weight excluding hydrogens is 266 g/mol. The van der Waals surface area contributed by atoms with Crippen LogP contribution in [-0.2, 0) is 6.54 Å². The van der Waals surface area contributed by atoms with Gasteiger partial charge in [0.15, 0.2) is 5.75 Å². The Morgan fingerprint density at radius 3 is 2.71 bits per heavy atom. The van der Waals surface area contributed by atoms with Crippen LogP contribution in [0.25, 0.3) is 0 Å². The van der Waals surface area contributed by atoms with E-state index in [1.54, 1.807) is 6.20 Å². The van der Waals surface area contributed by atoms with E-state index in [4.69, 9.17) is 4.74 Å². The summed E-state index contributed by atoms with van der Waals surface area (Å²) in [5.74, 6) is 2.80. The highest BCUT2D eigenvalue weighted by atomic mass is 16.5. The summed E-state index contributed by atoms with van der Waals surface area (Å²) in [5.41, 5.74) is 0.914. The Hall–Kier alpha value is -2.11. The van der Waals surface area contributed by atoms with Crippen molar-refractivity contribution in [2.45, 2.75) is 47.1 Å². The van der Waals surface area contributed by atoms with Gasteiger partial charge in [0, 0.05) is 13.1 Å². The number of hydrogen-bond donors (Lipinski definition) is 1. The largest absolute Gasteiger partial charge is 0.435 e. The van der Waals surface area contributed by atoms with Crippen LogP contribution >= 0.6 is 0 Å². The molecule has 0 unspecified atom stereocenters. The summed E-state index contributed by atoms with van der Waals surface area (Å²) < 4.78 is 7.73. The number of rotatable bonds is 7. The van der Waals surface area contributed by atoms with Crippen LogP contribution in [0, 0.1) is 13.8 Å². The normalized spacial score (nSPS) is 10.7. The van der Waals surface area contributed by atoms with Gasteiger partial charge in [0.1, 0.15) is 11.6 Å². The predicted octanol–water partition coefficient (Wildman–Crippen LogP) is 3.31. The van der Waals surface area contributed by atoms with Crippen LogP contribution in [0.4, 0.5) is 5.82 Å². The zero-order valence-electron chi connectivity index (χ0n) is 13.2. The van der Waals surface area contributed by atoms with Crippen LogP contribution in [0.3, 0.4) is 0 Å². The highest BCUT2D eigenvalue weighted by molar-refractivity contribution is 5.49. The Morgan fingerprint density at radius 2 is 2.00 bits per heavy atom. The molecule has 0 spiro atoms. The first kappa shape index (κ1) is 15.3. The molecule has 0 bridgehead atoms. The van der Waals surface area contributed by atoms with Crippen LogP contribution in [0.5, 0.6) is 11.6 Å². The van der Waals surface area contributed by atoms with Gasteiger partial charge in [-0.2, -0.15) is 10.1 Å². The first-order valence-electron chi connectivity index (χ1n) is 7.43. The smallest absolute Gasteiger partial charge is 0.227 e. The minimum Gasteiger partial charge on any atom is -0.435 e. The minimum absolute atomic E-state index is 0.581. The molecule has 0 fully saturated rings. The standard InChI is InChI=1S/C15H23N5O/c1-5-7-16-14-11(3)15(19-12(4)18-14)21-13-9-17-20(10-13)8-6-2/h9-10H,5-8H2,1-4H3,(H,16,18,19). The maximum atomic E-state index is 5.86. The average Bonchev–Trinajstić information content (AvgIpc) is 2.88. The van der Waals surface area contributed by atoms with Crippen LogP contribution < -0.4 is 10.1 Å². The Kier molecular flexibility index (Phi) is 5.14. The zero-order chi connectivity index (χ0) is 15.2. The van der Waals surface area contributed by atoms with Gasteiger partial charge in [-0.25, -0.2) is 4.98 Å². The molecule has 21 heavy (non-hydrogen) atoms. The third kappa shape index (κ3) is 3.93. The lowest BCUT2D eigenvalue weighted by Gasteiger charge is -2.12. The molecule has 2 rings (SSSR count). The van der Waals surface area contributed by atoms with E-state index in [2.05, 4.69) is 34.2 Å². The van der Waals surface area contributed by atoms with Crippen molar-refractivity contribution in [3.63, 3.8) is 0 Å². The van der Waals surface area contributed by atoms with Crippen molar-refractivity contribution in [1.29, 1.82) is 0 Å². The molecule has 0 radical (unpaired) electrons. The summed E-state index contributed by atoms with van der Waals surface area (Å²) in [7, 11) is 0. The second-order valence-corrected chi connectivity index (χ2v) is 5.02. The number of ether oxygens (including phenoxy) is 1. The molecule has 2 aromatic rings. The summed E-state index contributed by atoms with van der Waals surface area (Å²) in [6.45, 7) is 9.83. The van der Waals surface area contributed by atoms with Crippen LogP contribution in [-0.4, -0.2) is 26.3 Å². The molecule has 0 aliphatic rings. The summed E-state index contributed by atoms with van der Waals surface area (Å²) in [5, 5.41) is 7.56. The third-order valence-corrected chi connectivity index (χ3v) is 3.03. The van der Waals surface area contributed by atoms with Gasteiger partial charge in [-0.05, 0) is 26.7 Å². The Labute approximate surface area is 125 Å². The molecule has 6 heteroatoms. The fourth-order valence-corrected chi connectivity index (χ4v) is 1.98.